The van der Waals surface area contributed by atoms with Crippen LogP contribution in [-0.4, -0.2) is 25.3 Å². The lowest BCUT2D eigenvalue weighted by molar-refractivity contribution is 0.140. The second-order valence-corrected chi connectivity index (χ2v) is 3.81. The predicted octanol–water partition coefficient (Wildman–Crippen LogP) is 1.24. The summed E-state index contributed by atoms with van der Waals surface area (Å²) >= 11 is 0. The molecule has 92 valence electrons. The SMILES string of the molecule is CCOC(=O)NNC1COc2ccccc2C1. The van der Waals surface area contributed by atoms with Crippen molar-refractivity contribution in [1.82, 2.24) is 10.9 Å². The number of para-hydroxylation sites is 1. The number of benzene rings is 1. The lowest BCUT2D eigenvalue weighted by atomic mass is 10.0. The average Bonchev–Trinajstić information content (AvgIpc) is 2.36. The summed E-state index contributed by atoms with van der Waals surface area (Å²) in [5.74, 6) is 0.918. The molecule has 1 amide bonds. The van der Waals surface area contributed by atoms with Gasteiger partial charge in [-0.25, -0.2) is 10.2 Å². The zero-order chi connectivity index (χ0) is 12.1. The van der Waals surface area contributed by atoms with E-state index in [0.29, 0.717) is 13.2 Å². The molecule has 1 aliphatic rings. The molecule has 1 unspecified atom stereocenters. The van der Waals surface area contributed by atoms with Gasteiger partial charge in [-0.3, -0.25) is 5.43 Å². The molecule has 2 rings (SSSR count). The molecule has 0 aromatic heterocycles. The van der Waals surface area contributed by atoms with Gasteiger partial charge in [0.25, 0.3) is 0 Å². The smallest absolute Gasteiger partial charge is 0.421 e. The summed E-state index contributed by atoms with van der Waals surface area (Å²) in [6.07, 6.45) is 0.356. The molecule has 0 fully saturated rings. The fourth-order valence-electron chi connectivity index (χ4n) is 1.75. The molecular weight excluding hydrogens is 220 g/mol. The number of nitrogens with one attached hydrogen (secondary N) is 2. The zero-order valence-electron chi connectivity index (χ0n) is 9.73. The van der Waals surface area contributed by atoms with E-state index in [2.05, 4.69) is 10.9 Å². The highest BCUT2D eigenvalue weighted by Crippen LogP contribution is 2.23. The Morgan fingerprint density at radius 3 is 3.18 bits per heavy atom. The minimum Gasteiger partial charge on any atom is -0.492 e. The van der Waals surface area contributed by atoms with Gasteiger partial charge in [0.15, 0.2) is 0 Å². The van der Waals surface area contributed by atoms with E-state index >= 15 is 0 Å². The van der Waals surface area contributed by atoms with Gasteiger partial charge in [0.05, 0.1) is 12.6 Å². The van der Waals surface area contributed by atoms with Gasteiger partial charge in [-0.15, -0.1) is 0 Å². The molecule has 5 nitrogen and oxygen atoms in total. The van der Waals surface area contributed by atoms with Crippen LogP contribution in [0.15, 0.2) is 24.3 Å². The fraction of sp³-hybridized carbons (Fsp3) is 0.417. The first kappa shape index (κ1) is 11.7. The Kier molecular flexibility index (Phi) is 3.82. The molecule has 1 atom stereocenters. The highest BCUT2D eigenvalue weighted by atomic mass is 16.6. The van der Waals surface area contributed by atoms with Gasteiger partial charge < -0.3 is 9.47 Å². The van der Waals surface area contributed by atoms with Gasteiger partial charge in [-0.1, -0.05) is 18.2 Å². The average molecular weight is 236 g/mol. The van der Waals surface area contributed by atoms with E-state index in [1.165, 1.54) is 0 Å². The molecule has 0 radical (unpaired) electrons. The number of ether oxygens (including phenoxy) is 2. The molecule has 0 saturated carbocycles. The van der Waals surface area contributed by atoms with Crippen molar-refractivity contribution in [1.29, 1.82) is 0 Å². The number of hydrazine groups is 1. The summed E-state index contributed by atoms with van der Waals surface area (Å²) in [7, 11) is 0. The maximum absolute atomic E-state index is 11.1. The number of rotatable bonds is 3. The summed E-state index contributed by atoms with van der Waals surface area (Å²) in [6.45, 7) is 2.65. The molecule has 0 spiro atoms. The molecule has 1 aromatic carbocycles. The molecule has 1 heterocycles. The van der Waals surface area contributed by atoms with Gasteiger partial charge in [0, 0.05) is 0 Å². The minimum absolute atomic E-state index is 0.0642. The van der Waals surface area contributed by atoms with Gasteiger partial charge in [-0.2, -0.15) is 0 Å². The van der Waals surface area contributed by atoms with Crippen LogP contribution in [0.1, 0.15) is 12.5 Å². The van der Waals surface area contributed by atoms with Gasteiger partial charge >= 0.3 is 6.09 Å². The van der Waals surface area contributed by atoms with Crippen molar-refractivity contribution in [3.8, 4) is 5.75 Å². The number of fused-ring (bicyclic) bond motifs is 1. The topological polar surface area (TPSA) is 59.6 Å². The lowest BCUT2D eigenvalue weighted by Gasteiger charge is -2.25. The summed E-state index contributed by atoms with van der Waals surface area (Å²) in [4.78, 5) is 11.1. The van der Waals surface area contributed by atoms with E-state index in [-0.39, 0.29) is 6.04 Å². The van der Waals surface area contributed by atoms with Crippen molar-refractivity contribution in [2.45, 2.75) is 19.4 Å². The Morgan fingerprint density at radius 1 is 1.53 bits per heavy atom. The molecule has 0 saturated heterocycles. The highest BCUT2D eigenvalue weighted by Gasteiger charge is 2.19. The molecule has 0 aliphatic carbocycles. The number of carbonyl (C=O) groups is 1. The first-order valence-electron chi connectivity index (χ1n) is 5.68. The highest BCUT2D eigenvalue weighted by molar-refractivity contribution is 5.66. The van der Waals surface area contributed by atoms with Gasteiger partial charge in [0.2, 0.25) is 0 Å². The zero-order valence-corrected chi connectivity index (χ0v) is 9.73. The van der Waals surface area contributed by atoms with E-state index in [0.717, 1.165) is 17.7 Å². The van der Waals surface area contributed by atoms with Crippen LogP contribution in [0.5, 0.6) is 5.75 Å². The maximum Gasteiger partial charge on any atom is 0.421 e. The third-order valence-electron chi connectivity index (χ3n) is 2.53. The quantitative estimate of drug-likeness (QED) is 0.775. The van der Waals surface area contributed by atoms with Crippen LogP contribution in [0.25, 0.3) is 0 Å². The van der Waals surface area contributed by atoms with Crippen molar-refractivity contribution in [3.05, 3.63) is 29.8 Å². The van der Waals surface area contributed by atoms with E-state index < -0.39 is 6.09 Å². The molecule has 0 bridgehead atoms. The monoisotopic (exact) mass is 236 g/mol. The Bertz CT molecular complexity index is 395. The third kappa shape index (κ3) is 3.10. The molecule has 17 heavy (non-hydrogen) atoms. The summed E-state index contributed by atoms with van der Waals surface area (Å²) < 4.78 is 10.3. The van der Waals surface area contributed by atoms with Crippen molar-refractivity contribution in [3.63, 3.8) is 0 Å². The Balaban J connectivity index is 1.84. The van der Waals surface area contributed by atoms with Crippen LogP contribution in [0.3, 0.4) is 0 Å². The van der Waals surface area contributed by atoms with Gasteiger partial charge in [0.1, 0.15) is 12.4 Å². The van der Waals surface area contributed by atoms with Crippen LogP contribution < -0.4 is 15.6 Å². The van der Waals surface area contributed by atoms with E-state index in [9.17, 15) is 4.79 Å². The van der Waals surface area contributed by atoms with Crippen molar-refractivity contribution in [2.75, 3.05) is 13.2 Å². The van der Waals surface area contributed by atoms with Crippen LogP contribution >= 0.6 is 0 Å². The molecule has 1 aliphatic heterocycles. The predicted molar refractivity (Wildman–Crippen MR) is 62.7 cm³/mol. The number of hydrogen-bond donors (Lipinski definition) is 2. The Hall–Kier alpha value is -1.75. The van der Waals surface area contributed by atoms with Crippen molar-refractivity contribution in [2.24, 2.45) is 0 Å². The maximum atomic E-state index is 11.1. The summed E-state index contributed by atoms with van der Waals surface area (Å²) in [5.41, 5.74) is 6.53. The normalized spacial score (nSPS) is 17.8. The number of hydrogen-bond acceptors (Lipinski definition) is 4. The van der Waals surface area contributed by atoms with E-state index in [1.54, 1.807) is 6.92 Å². The number of carbonyl (C=O) groups excluding carboxylic acids is 1. The lowest BCUT2D eigenvalue weighted by Crippen LogP contribution is -2.49. The fourth-order valence-corrected chi connectivity index (χ4v) is 1.75. The summed E-state index contributed by atoms with van der Waals surface area (Å²) in [5, 5.41) is 0. The van der Waals surface area contributed by atoms with E-state index in [4.69, 9.17) is 9.47 Å². The summed E-state index contributed by atoms with van der Waals surface area (Å²) in [6, 6.07) is 7.96. The van der Waals surface area contributed by atoms with Crippen molar-refractivity contribution < 1.29 is 14.3 Å². The van der Waals surface area contributed by atoms with Crippen LogP contribution in [0.2, 0.25) is 0 Å². The molecule has 5 heteroatoms. The Morgan fingerprint density at radius 2 is 2.35 bits per heavy atom. The second kappa shape index (κ2) is 5.54. The molecular formula is C12H16N2O3. The largest absolute Gasteiger partial charge is 0.492 e. The van der Waals surface area contributed by atoms with Crippen molar-refractivity contribution >= 4 is 6.09 Å². The van der Waals surface area contributed by atoms with Crippen LogP contribution in [-0.2, 0) is 11.2 Å². The second-order valence-electron chi connectivity index (χ2n) is 3.81. The first-order valence-corrected chi connectivity index (χ1v) is 5.68. The Labute approximate surface area is 100 Å². The number of amides is 1. The van der Waals surface area contributed by atoms with E-state index in [1.807, 2.05) is 24.3 Å². The van der Waals surface area contributed by atoms with Crippen LogP contribution in [0, 0.1) is 0 Å². The molecule has 2 N–H and O–H groups in total. The van der Waals surface area contributed by atoms with Crippen LogP contribution in [0.4, 0.5) is 4.79 Å². The first-order chi connectivity index (χ1) is 8.29. The minimum atomic E-state index is -0.466. The third-order valence-corrected chi connectivity index (χ3v) is 2.53. The van der Waals surface area contributed by atoms with Gasteiger partial charge in [-0.05, 0) is 25.0 Å². The standard InChI is InChI=1S/C12H16N2O3/c1-2-16-12(15)14-13-10-7-9-5-3-4-6-11(9)17-8-10/h3-6,10,13H,2,7-8H2,1H3,(H,14,15). The molecule has 1 aromatic rings.